The molecule has 0 saturated carbocycles. The van der Waals surface area contributed by atoms with Gasteiger partial charge in [-0.3, -0.25) is 14.6 Å². The Balaban J connectivity index is 1.91. The van der Waals surface area contributed by atoms with Crippen LogP contribution in [-0.2, 0) is 15.0 Å². The highest BCUT2D eigenvalue weighted by molar-refractivity contribution is 7.86. The number of amides is 1. The van der Waals surface area contributed by atoms with Gasteiger partial charge in [0, 0.05) is 57.4 Å². The average molecular weight is 362 g/mol. The van der Waals surface area contributed by atoms with E-state index in [2.05, 4.69) is 37.5 Å². The second-order valence-corrected chi connectivity index (χ2v) is 9.17. The Morgan fingerprint density at radius 2 is 1.67 bits per heavy atom. The summed E-state index contributed by atoms with van der Waals surface area (Å²) in [6.45, 7) is 13.3. The van der Waals surface area contributed by atoms with E-state index in [4.69, 9.17) is 5.14 Å². The van der Waals surface area contributed by atoms with Crippen molar-refractivity contribution in [3.63, 3.8) is 0 Å². The molecule has 0 unspecified atom stereocenters. The Morgan fingerprint density at radius 1 is 1.08 bits per heavy atom. The minimum Gasteiger partial charge on any atom is -0.338 e. The Kier molecular flexibility index (Phi) is 5.91. The second kappa shape index (κ2) is 7.25. The van der Waals surface area contributed by atoms with E-state index in [0.29, 0.717) is 45.3 Å². The molecule has 1 amide bonds. The number of carbonyl (C=O) groups is 1. The van der Waals surface area contributed by atoms with Crippen LogP contribution in [0.1, 0.15) is 27.7 Å². The van der Waals surface area contributed by atoms with Crippen molar-refractivity contribution in [1.82, 2.24) is 19.0 Å². The van der Waals surface area contributed by atoms with Gasteiger partial charge in [-0.25, -0.2) is 5.14 Å². The summed E-state index contributed by atoms with van der Waals surface area (Å²) in [5, 5.41) is 5.19. The van der Waals surface area contributed by atoms with Crippen LogP contribution in [0.2, 0.25) is 0 Å². The van der Waals surface area contributed by atoms with Gasteiger partial charge in [-0.2, -0.15) is 12.7 Å². The molecule has 0 aromatic rings. The summed E-state index contributed by atoms with van der Waals surface area (Å²) in [7, 11) is -3.61. The van der Waals surface area contributed by atoms with Crippen LogP contribution < -0.4 is 5.14 Å². The van der Waals surface area contributed by atoms with Crippen molar-refractivity contribution in [3.05, 3.63) is 0 Å². The molecule has 9 heteroatoms. The zero-order valence-electron chi connectivity index (χ0n) is 15.2. The summed E-state index contributed by atoms with van der Waals surface area (Å²) in [4.78, 5) is 18.8. The Hall–Kier alpha value is -0.740. The summed E-state index contributed by atoms with van der Waals surface area (Å²) < 4.78 is 24.1. The van der Waals surface area contributed by atoms with Crippen molar-refractivity contribution in [1.29, 1.82) is 0 Å². The van der Waals surface area contributed by atoms with Crippen LogP contribution in [0.4, 0.5) is 0 Å². The largest absolute Gasteiger partial charge is 0.338 e. The molecule has 0 bridgehead atoms. The molecule has 0 aliphatic carbocycles. The molecular weight excluding hydrogens is 330 g/mol. The highest BCUT2D eigenvalue weighted by Gasteiger charge is 2.36. The first-order valence-corrected chi connectivity index (χ1v) is 10.1. The third-order valence-electron chi connectivity index (χ3n) is 5.11. The van der Waals surface area contributed by atoms with E-state index >= 15 is 0 Å². The van der Waals surface area contributed by atoms with Crippen molar-refractivity contribution in [3.8, 4) is 0 Å². The Bertz CT molecular complexity index is 555. The maximum absolute atomic E-state index is 12.4. The van der Waals surface area contributed by atoms with Gasteiger partial charge in [0.1, 0.15) is 0 Å². The minimum atomic E-state index is -3.61. The zero-order valence-corrected chi connectivity index (χ0v) is 16.0. The van der Waals surface area contributed by atoms with Crippen LogP contribution in [0.3, 0.4) is 0 Å². The fourth-order valence-electron chi connectivity index (χ4n) is 3.45. The van der Waals surface area contributed by atoms with Gasteiger partial charge in [0.2, 0.25) is 5.91 Å². The van der Waals surface area contributed by atoms with Gasteiger partial charge in [-0.05, 0) is 27.7 Å². The molecule has 2 heterocycles. The molecule has 0 aromatic heterocycles. The predicted molar refractivity (Wildman–Crippen MR) is 93.6 cm³/mol. The first-order chi connectivity index (χ1) is 11.0. The van der Waals surface area contributed by atoms with Gasteiger partial charge in [0.15, 0.2) is 0 Å². The van der Waals surface area contributed by atoms with Gasteiger partial charge in [-0.15, -0.1) is 0 Å². The van der Waals surface area contributed by atoms with Crippen LogP contribution in [0.5, 0.6) is 0 Å². The number of carbonyl (C=O) groups excluding carboxylic acids is 1. The molecule has 2 aliphatic rings. The number of piperazine rings is 2. The van der Waals surface area contributed by atoms with Crippen LogP contribution in [0.25, 0.3) is 0 Å². The Labute approximate surface area is 145 Å². The molecule has 0 aromatic carbocycles. The number of rotatable bonds is 5. The number of hydrogen-bond donors (Lipinski definition) is 1. The molecule has 2 rings (SSSR count). The van der Waals surface area contributed by atoms with Crippen molar-refractivity contribution in [2.24, 2.45) is 5.14 Å². The quantitative estimate of drug-likeness (QED) is 0.688. The number of nitrogens with zero attached hydrogens (tertiary/aromatic N) is 4. The van der Waals surface area contributed by atoms with Gasteiger partial charge < -0.3 is 4.90 Å². The first kappa shape index (κ1) is 19.6. The molecule has 8 nitrogen and oxygen atoms in total. The lowest BCUT2D eigenvalue weighted by Crippen LogP contribution is -2.62. The van der Waals surface area contributed by atoms with E-state index in [1.54, 1.807) is 0 Å². The summed E-state index contributed by atoms with van der Waals surface area (Å²) in [5.74, 6) is 0.172. The minimum absolute atomic E-state index is 0.172. The third kappa shape index (κ3) is 4.66. The summed E-state index contributed by atoms with van der Waals surface area (Å²) >= 11 is 0. The molecule has 24 heavy (non-hydrogen) atoms. The van der Waals surface area contributed by atoms with E-state index in [1.165, 1.54) is 4.31 Å². The highest BCUT2D eigenvalue weighted by Crippen LogP contribution is 2.20. The van der Waals surface area contributed by atoms with E-state index in [1.807, 2.05) is 4.90 Å². The van der Waals surface area contributed by atoms with Crippen molar-refractivity contribution in [2.45, 2.75) is 39.3 Å². The topological polar surface area (TPSA) is 90.2 Å². The summed E-state index contributed by atoms with van der Waals surface area (Å²) in [6, 6.07) is 0.385. The predicted octanol–water partition coefficient (Wildman–Crippen LogP) is -0.861. The monoisotopic (exact) mass is 361 g/mol. The van der Waals surface area contributed by atoms with Gasteiger partial charge in [0.25, 0.3) is 10.2 Å². The average Bonchev–Trinajstić information content (AvgIpc) is 2.48. The van der Waals surface area contributed by atoms with E-state index in [9.17, 15) is 13.2 Å². The molecule has 0 atom stereocenters. The smallest absolute Gasteiger partial charge is 0.276 e. The molecule has 2 aliphatic heterocycles. The SMILES string of the molecule is CC(C)N1CCN(CC(C)(C)N2CCN(S(N)(=O)=O)CC2)C(=O)C1. The van der Waals surface area contributed by atoms with E-state index in [0.717, 1.165) is 13.1 Å². The van der Waals surface area contributed by atoms with Crippen molar-refractivity contribution in [2.75, 3.05) is 52.4 Å². The number of nitrogens with two attached hydrogens (primary N) is 1. The molecule has 2 N–H and O–H groups in total. The fourth-order valence-corrected chi connectivity index (χ4v) is 4.12. The lowest BCUT2D eigenvalue weighted by molar-refractivity contribution is -0.139. The highest BCUT2D eigenvalue weighted by atomic mass is 32.2. The normalized spacial score (nSPS) is 23.2. The maximum atomic E-state index is 12.4. The second-order valence-electron chi connectivity index (χ2n) is 7.62. The molecule has 0 radical (unpaired) electrons. The van der Waals surface area contributed by atoms with Crippen LogP contribution in [0.15, 0.2) is 0 Å². The lowest BCUT2D eigenvalue weighted by atomic mass is 10.00. The maximum Gasteiger partial charge on any atom is 0.276 e. The summed E-state index contributed by atoms with van der Waals surface area (Å²) in [5.41, 5.74) is -0.194. The molecule has 2 fully saturated rings. The molecule has 2 saturated heterocycles. The fraction of sp³-hybridized carbons (Fsp3) is 0.933. The van der Waals surface area contributed by atoms with Crippen LogP contribution >= 0.6 is 0 Å². The first-order valence-electron chi connectivity index (χ1n) is 8.55. The van der Waals surface area contributed by atoms with Crippen molar-refractivity contribution < 1.29 is 13.2 Å². The molecule has 140 valence electrons. The van der Waals surface area contributed by atoms with Crippen LogP contribution in [0, 0.1) is 0 Å². The van der Waals surface area contributed by atoms with Gasteiger partial charge >= 0.3 is 0 Å². The van der Waals surface area contributed by atoms with E-state index in [-0.39, 0.29) is 11.4 Å². The van der Waals surface area contributed by atoms with Gasteiger partial charge in [0.05, 0.1) is 6.54 Å². The number of hydrogen-bond acceptors (Lipinski definition) is 5. The molecule has 0 spiro atoms. The van der Waals surface area contributed by atoms with Crippen molar-refractivity contribution >= 4 is 16.1 Å². The third-order valence-corrected chi connectivity index (χ3v) is 6.20. The lowest BCUT2D eigenvalue weighted by Gasteiger charge is -2.47. The van der Waals surface area contributed by atoms with Gasteiger partial charge in [-0.1, -0.05) is 0 Å². The summed E-state index contributed by atoms with van der Waals surface area (Å²) in [6.07, 6.45) is 0. The standard InChI is InChI=1S/C15H31N5O3S/c1-13(2)17-5-6-18(14(21)11-17)12-15(3,4)19-7-9-20(10-8-19)24(16,22)23/h13H,5-12H2,1-4H3,(H2,16,22,23). The molecular formula is C15H31N5O3S. The Morgan fingerprint density at radius 3 is 2.12 bits per heavy atom. The zero-order chi connectivity index (χ0) is 18.1. The van der Waals surface area contributed by atoms with E-state index < -0.39 is 10.2 Å². The van der Waals surface area contributed by atoms with Crippen LogP contribution in [-0.4, -0.2) is 97.3 Å².